The number of amides is 2. The first-order valence-electron chi connectivity index (χ1n) is 7.49. The van der Waals surface area contributed by atoms with Crippen molar-refractivity contribution in [3.8, 4) is 5.75 Å². The Kier molecular flexibility index (Phi) is 6.40. The van der Waals surface area contributed by atoms with Gasteiger partial charge in [0.1, 0.15) is 5.75 Å². The summed E-state index contributed by atoms with van der Waals surface area (Å²) in [6.45, 7) is 9.78. The van der Waals surface area contributed by atoms with Crippen LogP contribution in [-0.4, -0.2) is 24.5 Å². The molecular weight excluding hydrogens is 280 g/mol. The Bertz CT molecular complexity index is 502. The van der Waals surface area contributed by atoms with Crippen LogP contribution in [0.4, 0.5) is 0 Å². The maximum atomic E-state index is 11.7. The van der Waals surface area contributed by atoms with Crippen LogP contribution in [0.3, 0.4) is 0 Å². The summed E-state index contributed by atoms with van der Waals surface area (Å²) in [6, 6.07) is 7.57. The van der Waals surface area contributed by atoms with Crippen LogP contribution >= 0.6 is 0 Å². The molecule has 22 heavy (non-hydrogen) atoms. The van der Waals surface area contributed by atoms with Crippen molar-refractivity contribution in [1.29, 1.82) is 0 Å². The summed E-state index contributed by atoms with van der Waals surface area (Å²) >= 11 is 0. The van der Waals surface area contributed by atoms with Crippen LogP contribution in [0.2, 0.25) is 0 Å². The van der Waals surface area contributed by atoms with Gasteiger partial charge in [-0.05, 0) is 31.5 Å². The molecular formula is C17H26N2O3. The van der Waals surface area contributed by atoms with Crippen molar-refractivity contribution in [1.82, 2.24) is 10.6 Å². The van der Waals surface area contributed by atoms with E-state index in [-0.39, 0.29) is 24.5 Å². The molecule has 0 aliphatic carbocycles. The number of ether oxygens (including phenoxy) is 1. The highest BCUT2D eigenvalue weighted by molar-refractivity contribution is 5.87. The van der Waals surface area contributed by atoms with Gasteiger partial charge >= 0.3 is 0 Å². The molecule has 0 aliphatic heterocycles. The largest absolute Gasteiger partial charge is 0.491 e. The van der Waals surface area contributed by atoms with Crippen molar-refractivity contribution in [3.05, 3.63) is 29.8 Å². The molecule has 0 spiro atoms. The van der Waals surface area contributed by atoms with Gasteiger partial charge in [0, 0.05) is 12.0 Å². The number of carbonyl (C=O) groups is 2. The van der Waals surface area contributed by atoms with Crippen molar-refractivity contribution < 1.29 is 14.3 Å². The number of benzene rings is 1. The van der Waals surface area contributed by atoms with Gasteiger partial charge in [-0.15, -0.1) is 0 Å². The second-order valence-corrected chi connectivity index (χ2v) is 6.52. The van der Waals surface area contributed by atoms with E-state index in [4.69, 9.17) is 4.74 Å². The molecule has 0 saturated heterocycles. The summed E-state index contributed by atoms with van der Waals surface area (Å²) in [5.74, 6) is 0.459. The lowest BCUT2D eigenvalue weighted by atomic mass is 9.96. The highest BCUT2D eigenvalue weighted by Crippen LogP contribution is 2.14. The first kappa shape index (κ1) is 18.0. The van der Waals surface area contributed by atoms with Gasteiger partial charge in [0.15, 0.2) is 0 Å². The number of hydrogen-bond acceptors (Lipinski definition) is 3. The normalized spacial score (nSPS) is 11.2. The van der Waals surface area contributed by atoms with E-state index >= 15 is 0 Å². The fraction of sp³-hybridized carbons (Fsp3) is 0.529. The molecule has 5 heteroatoms. The SMILES string of the molecule is CC(C)Oc1ccc(CNC(=O)CNC(=O)C(C)(C)C)cc1. The smallest absolute Gasteiger partial charge is 0.239 e. The van der Waals surface area contributed by atoms with E-state index in [2.05, 4.69) is 10.6 Å². The average molecular weight is 306 g/mol. The summed E-state index contributed by atoms with van der Waals surface area (Å²) in [5.41, 5.74) is 0.485. The second kappa shape index (κ2) is 7.82. The Balaban J connectivity index is 2.36. The Morgan fingerprint density at radius 2 is 1.68 bits per heavy atom. The summed E-state index contributed by atoms with van der Waals surface area (Å²) in [6.07, 6.45) is 0.136. The van der Waals surface area contributed by atoms with Crippen molar-refractivity contribution >= 4 is 11.8 Å². The molecule has 2 amide bonds. The number of carbonyl (C=O) groups excluding carboxylic acids is 2. The van der Waals surface area contributed by atoms with Crippen LogP contribution in [0.5, 0.6) is 5.75 Å². The van der Waals surface area contributed by atoms with E-state index in [0.717, 1.165) is 11.3 Å². The van der Waals surface area contributed by atoms with Gasteiger partial charge in [-0.3, -0.25) is 9.59 Å². The number of hydrogen-bond donors (Lipinski definition) is 2. The van der Waals surface area contributed by atoms with Gasteiger partial charge in [-0.2, -0.15) is 0 Å². The van der Waals surface area contributed by atoms with Gasteiger partial charge in [-0.1, -0.05) is 32.9 Å². The lowest BCUT2D eigenvalue weighted by Crippen LogP contribution is -2.41. The predicted molar refractivity (Wildman–Crippen MR) is 86.5 cm³/mol. The molecule has 0 bridgehead atoms. The molecule has 122 valence electrons. The van der Waals surface area contributed by atoms with Gasteiger partial charge in [-0.25, -0.2) is 0 Å². The third-order valence-corrected chi connectivity index (χ3v) is 2.88. The molecule has 1 aromatic rings. The standard InChI is InChI=1S/C17H26N2O3/c1-12(2)22-14-8-6-13(7-9-14)10-18-15(20)11-19-16(21)17(3,4)5/h6-9,12H,10-11H2,1-5H3,(H,18,20)(H,19,21). The Labute approximate surface area is 132 Å². The minimum Gasteiger partial charge on any atom is -0.491 e. The summed E-state index contributed by atoms with van der Waals surface area (Å²) in [4.78, 5) is 23.4. The third-order valence-electron chi connectivity index (χ3n) is 2.88. The van der Waals surface area contributed by atoms with Crippen LogP contribution in [-0.2, 0) is 16.1 Å². The third kappa shape index (κ3) is 6.61. The van der Waals surface area contributed by atoms with Crippen LogP contribution in [0.25, 0.3) is 0 Å². The summed E-state index contributed by atoms with van der Waals surface area (Å²) in [5, 5.41) is 5.39. The molecule has 0 saturated carbocycles. The van der Waals surface area contributed by atoms with E-state index < -0.39 is 5.41 Å². The summed E-state index contributed by atoms with van der Waals surface area (Å²) in [7, 11) is 0. The zero-order chi connectivity index (χ0) is 16.8. The first-order valence-corrected chi connectivity index (χ1v) is 7.49. The lowest BCUT2D eigenvalue weighted by Gasteiger charge is -2.17. The summed E-state index contributed by atoms with van der Waals surface area (Å²) < 4.78 is 5.56. The maximum absolute atomic E-state index is 11.7. The monoisotopic (exact) mass is 306 g/mol. The van der Waals surface area contributed by atoms with Crippen molar-refractivity contribution in [2.75, 3.05) is 6.54 Å². The first-order chi connectivity index (χ1) is 10.2. The van der Waals surface area contributed by atoms with Crippen LogP contribution in [0.1, 0.15) is 40.2 Å². The average Bonchev–Trinajstić information content (AvgIpc) is 2.42. The van der Waals surface area contributed by atoms with Crippen LogP contribution in [0.15, 0.2) is 24.3 Å². The van der Waals surface area contributed by atoms with E-state index in [9.17, 15) is 9.59 Å². The van der Waals surface area contributed by atoms with Crippen molar-refractivity contribution in [3.63, 3.8) is 0 Å². The molecule has 5 nitrogen and oxygen atoms in total. The lowest BCUT2D eigenvalue weighted by molar-refractivity contribution is -0.131. The second-order valence-electron chi connectivity index (χ2n) is 6.52. The molecule has 0 aromatic heterocycles. The van der Waals surface area contributed by atoms with Crippen molar-refractivity contribution in [2.45, 2.75) is 47.3 Å². The zero-order valence-corrected chi connectivity index (χ0v) is 14.0. The molecule has 2 N–H and O–H groups in total. The van der Waals surface area contributed by atoms with Gasteiger partial charge in [0.25, 0.3) is 0 Å². The zero-order valence-electron chi connectivity index (χ0n) is 14.0. The minimum absolute atomic E-state index is 0.00928. The minimum atomic E-state index is -0.494. The van der Waals surface area contributed by atoms with Gasteiger partial charge in [0.05, 0.1) is 12.6 Å². The van der Waals surface area contributed by atoms with Crippen LogP contribution < -0.4 is 15.4 Å². The Hall–Kier alpha value is -2.04. The topological polar surface area (TPSA) is 67.4 Å². The highest BCUT2D eigenvalue weighted by atomic mass is 16.5. The Morgan fingerprint density at radius 1 is 1.09 bits per heavy atom. The molecule has 0 aliphatic rings. The van der Waals surface area contributed by atoms with E-state index in [1.807, 2.05) is 38.1 Å². The number of rotatable bonds is 6. The molecule has 0 radical (unpaired) electrons. The molecule has 0 unspecified atom stereocenters. The molecule has 0 fully saturated rings. The van der Waals surface area contributed by atoms with Crippen LogP contribution in [0, 0.1) is 5.41 Å². The molecule has 0 heterocycles. The quantitative estimate of drug-likeness (QED) is 0.847. The Morgan fingerprint density at radius 3 is 2.18 bits per heavy atom. The fourth-order valence-corrected chi connectivity index (χ4v) is 1.65. The van der Waals surface area contributed by atoms with E-state index in [1.54, 1.807) is 20.8 Å². The van der Waals surface area contributed by atoms with Gasteiger partial charge in [0.2, 0.25) is 11.8 Å². The fourth-order valence-electron chi connectivity index (χ4n) is 1.65. The molecule has 1 rings (SSSR count). The maximum Gasteiger partial charge on any atom is 0.239 e. The van der Waals surface area contributed by atoms with E-state index in [1.165, 1.54) is 0 Å². The highest BCUT2D eigenvalue weighted by Gasteiger charge is 2.21. The molecule has 0 atom stereocenters. The van der Waals surface area contributed by atoms with Gasteiger partial charge < -0.3 is 15.4 Å². The number of nitrogens with one attached hydrogen (secondary N) is 2. The van der Waals surface area contributed by atoms with Crippen molar-refractivity contribution in [2.24, 2.45) is 5.41 Å². The molecule has 1 aromatic carbocycles. The van der Waals surface area contributed by atoms with E-state index in [0.29, 0.717) is 6.54 Å². The predicted octanol–water partition coefficient (Wildman–Crippen LogP) is 2.25.